The van der Waals surface area contributed by atoms with Gasteiger partial charge in [0.2, 0.25) is 0 Å². The molecule has 2 aromatic rings. The number of carbonyl (C=O) groups excluding carboxylic acids is 3. The predicted molar refractivity (Wildman–Crippen MR) is 142 cm³/mol. The van der Waals surface area contributed by atoms with Gasteiger partial charge in [-0.3, -0.25) is 4.79 Å². The second kappa shape index (κ2) is 13.7. The van der Waals surface area contributed by atoms with Crippen LogP contribution < -0.4 is 35.0 Å². The predicted octanol–water partition coefficient (Wildman–Crippen LogP) is 2.82. The molecule has 3 rings (SSSR count). The fourth-order valence-corrected chi connectivity index (χ4v) is 3.80. The fourth-order valence-electron chi connectivity index (χ4n) is 3.80. The third kappa shape index (κ3) is 7.40. The molecule has 3 N–H and O–H groups in total. The van der Waals surface area contributed by atoms with Gasteiger partial charge < -0.3 is 34.3 Å². The van der Waals surface area contributed by atoms with Crippen molar-refractivity contribution in [3.63, 3.8) is 0 Å². The summed E-state index contributed by atoms with van der Waals surface area (Å²) in [4.78, 5) is 37.0. The number of ether oxygens (including phenoxy) is 5. The van der Waals surface area contributed by atoms with E-state index in [1.165, 1.54) is 13.3 Å². The third-order valence-corrected chi connectivity index (χ3v) is 5.53. The van der Waals surface area contributed by atoms with Gasteiger partial charge in [0.25, 0.3) is 5.91 Å². The monoisotopic (exact) mass is 540 g/mol. The van der Waals surface area contributed by atoms with Gasteiger partial charge in [-0.25, -0.2) is 15.0 Å². The number of benzene rings is 2. The van der Waals surface area contributed by atoms with Gasteiger partial charge >= 0.3 is 12.0 Å². The smallest absolute Gasteiger partial charge is 0.338 e. The standard InChI is InChI=1S/C27H32N4O8/c1-6-37-22-12-17(8-10-19(22)35-4)14-28-31-23(32)15-39-20-11-9-18(13-21(20)36-5)25-24(26(33)38-7-2)16(3)29-27(34)30-25/h8-14,25H,6-7,15H2,1-5H3,(H,31,32)(H2,29,30,34)/b28-14-/t25-/m0/s1. The lowest BCUT2D eigenvalue weighted by Gasteiger charge is -2.28. The maximum absolute atomic E-state index is 12.6. The van der Waals surface area contributed by atoms with Gasteiger partial charge in [-0.15, -0.1) is 0 Å². The van der Waals surface area contributed by atoms with Crippen LogP contribution in [0.15, 0.2) is 52.8 Å². The summed E-state index contributed by atoms with van der Waals surface area (Å²) < 4.78 is 27.0. The topological polar surface area (TPSA) is 146 Å². The van der Waals surface area contributed by atoms with Gasteiger partial charge in [0.15, 0.2) is 29.6 Å². The van der Waals surface area contributed by atoms with Crippen molar-refractivity contribution in [3.8, 4) is 23.0 Å². The number of hydrogen-bond acceptors (Lipinski definition) is 9. The number of rotatable bonds is 12. The van der Waals surface area contributed by atoms with Crippen LogP contribution in [0.2, 0.25) is 0 Å². The Labute approximate surface area is 226 Å². The number of hydrazone groups is 1. The SMILES string of the molecule is CCOC(=O)C1=C(C)NC(=O)N[C@H]1c1ccc(OCC(=O)N/N=C\c2ccc(OC)c(OCC)c2)c(OC)c1. The normalized spacial score (nSPS) is 14.8. The van der Waals surface area contributed by atoms with Gasteiger partial charge in [-0.2, -0.15) is 5.10 Å². The molecule has 0 spiro atoms. The number of amides is 3. The summed E-state index contributed by atoms with van der Waals surface area (Å²) in [7, 11) is 2.99. The van der Waals surface area contributed by atoms with Crippen LogP contribution in [0, 0.1) is 0 Å². The highest BCUT2D eigenvalue weighted by Gasteiger charge is 2.32. The number of nitrogens with one attached hydrogen (secondary N) is 3. The lowest BCUT2D eigenvalue weighted by molar-refractivity contribution is -0.139. The molecule has 3 amide bonds. The van der Waals surface area contributed by atoms with Crippen LogP contribution in [0.1, 0.15) is 37.9 Å². The van der Waals surface area contributed by atoms with Crippen LogP contribution in [-0.4, -0.2) is 58.2 Å². The molecule has 0 saturated carbocycles. The average Bonchev–Trinajstić information content (AvgIpc) is 2.91. The Morgan fingerprint density at radius 1 is 0.974 bits per heavy atom. The second-order valence-corrected chi connectivity index (χ2v) is 8.13. The molecule has 208 valence electrons. The van der Waals surface area contributed by atoms with Crippen molar-refractivity contribution in [2.75, 3.05) is 34.0 Å². The fraction of sp³-hybridized carbons (Fsp3) is 0.333. The molecule has 0 aromatic heterocycles. The summed E-state index contributed by atoms with van der Waals surface area (Å²) in [6, 6.07) is 8.92. The first-order valence-electron chi connectivity index (χ1n) is 12.2. The van der Waals surface area contributed by atoms with Crippen molar-refractivity contribution < 1.29 is 38.1 Å². The number of esters is 1. The Balaban J connectivity index is 1.66. The first-order valence-corrected chi connectivity index (χ1v) is 12.2. The van der Waals surface area contributed by atoms with E-state index in [1.807, 2.05) is 6.92 Å². The van der Waals surface area contributed by atoms with E-state index in [2.05, 4.69) is 21.2 Å². The third-order valence-electron chi connectivity index (χ3n) is 5.53. The van der Waals surface area contributed by atoms with Gasteiger partial charge in [0.1, 0.15) is 0 Å². The molecule has 12 nitrogen and oxygen atoms in total. The summed E-state index contributed by atoms with van der Waals surface area (Å²) in [5, 5.41) is 9.27. The van der Waals surface area contributed by atoms with E-state index in [-0.39, 0.29) is 24.5 Å². The maximum Gasteiger partial charge on any atom is 0.338 e. The molecule has 1 aliphatic heterocycles. The Bertz CT molecular complexity index is 1270. The van der Waals surface area contributed by atoms with Crippen LogP contribution in [0.3, 0.4) is 0 Å². The van der Waals surface area contributed by atoms with Crippen LogP contribution in [0.25, 0.3) is 0 Å². The first kappa shape index (κ1) is 28.8. The van der Waals surface area contributed by atoms with E-state index in [0.717, 1.165) is 0 Å². The van der Waals surface area contributed by atoms with E-state index in [9.17, 15) is 14.4 Å². The highest BCUT2D eigenvalue weighted by molar-refractivity contribution is 5.95. The van der Waals surface area contributed by atoms with Crippen LogP contribution in [-0.2, 0) is 14.3 Å². The molecule has 39 heavy (non-hydrogen) atoms. The van der Waals surface area contributed by atoms with Gasteiger partial charge in [0.05, 0.1) is 45.3 Å². The molecular weight excluding hydrogens is 508 g/mol. The molecule has 0 saturated heterocycles. The van der Waals surface area contributed by atoms with E-state index in [4.69, 9.17) is 23.7 Å². The quantitative estimate of drug-likeness (QED) is 0.212. The second-order valence-electron chi connectivity index (χ2n) is 8.13. The summed E-state index contributed by atoms with van der Waals surface area (Å²) in [6.45, 7) is 5.52. The molecule has 12 heteroatoms. The van der Waals surface area contributed by atoms with Gasteiger partial charge in [-0.1, -0.05) is 6.07 Å². The van der Waals surface area contributed by atoms with E-state index in [1.54, 1.807) is 57.4 Å². The maximum atomic E-state index is 12.6. The van der Waals surface area contributed by atoms with E-state index in [0.29, 0.717) is 40.7 Å². The zero-order chi connectivity index (χ0) is 28.4. The lowest BCUT2D eigenvalue weighted by Crippen LogP contribution is -2.45. The number of nitrogens with zero attached hydrogens (tertiary/aromatic N) is 1. The number of urea groups is 1. The van der Waals surface area contributed by atoms with E-state index >= 15 is 0 Å². The van der Waals surface area contributed by atoms with Crippen molar-refractivity contribution in [3.05, 3.63) is 58.8 Å². The number of methoxy groups -OCH3 is 2. The Hall–Kier alpha value is -4.74. The number of carbonyl (C=O) groups is 3. The molecule has 1 atom stereocenters. The molecule has 1 aliphatic rings. The van der Waals surface area contributed by atoms with E-state index < -0.39 is 23.9 Å². The minimum atomic E-state index is -0.764. The van der Waals surface area contributed by atoms with Crippen LogP contribution in [0.4, 0.5) is 4.79 Å². The summed E-state index contributed by atoms with van der Waals surface area (Å²) in [5.74, 6) is 0.711. The van der Waals surface area contributed by atoms with Crippen molar-refractivity contribution in [2.24, 2.45) is 5.10 Å². The molecule has 0 bridgehead atoms. The van der Waals surface area contributed by atoms with Crippen molar-refractivity contribution in [1.82, 2.24) is 16.1 Å². The molecular formula is C27H32N4O8. The number of hydrogen-bond donors (Lipinski definition) is 3. The van der Waals surface area contributed by atoms with Crippen molar-refractivity contribution in [1.29, 1.82) is 0 Å². The highest BCUT2D eigenvalue weighted by atomic mass is 16.5. The van der Waals surface area contributed by atoms with Crippen molar-refractivity contribution >= 4 is 24.1 Å². The zero-order valence-electron chi connectivity index (χ0n) is 22.5. The minimum Gasteiger partial charge on any atom is -0.493 e. The Morgan fingerprint density at radius 2 is 1.72 bits per heavy atom. The summed E-state index contributed by atoms with van der Waals surface area (Å²) >= 11 is 0. The minimum absolute atomic E-state index is 0.187. The lowest BCUT2D eigenvalue weighted by atomic mass is 9.95. The Kier molecular flexibility index (Phi) is 10.1. The average molecular weight is 541 g/mol. The van der Waals surface area contributed by atoms with Gasteiger partial charge in [-0.05, 0) is 62.2 Å². The molecule has 0 unspecified atom stereocenters. The highest BCUT2D eigenvalue weighted by Crippen LogP contribution is 2.34. The largest absolute Gasteiger partial charge is 0.493 e. The molecule has 0 radical (unpaired) electrons. The zero-order valence-corrected chi connectivity index (χ0v) is 22.5. The summed E-state index contributed by atoms with van der Waals surface area (Å²) in [6.07, 6.45) is 1.47. The first-order chi connectivity index (χ1) is 18.8. The molecule has 2 aromatic carbocycles. The molecule has 1 heterocycles. The molecule has 0 fully saturated rings. The van der Waals surface area contributed by atoms with Crippen LogP contribution >= 0.6 is 0 Å². The number of allylic oxidation sites excluding steroid dienone is 1. The summed E-state index contributed by atoms with van der Waals surface area (Å²) in [5.41, 5.74) is 4.34. The van der Waals surface area contributed by atoms with Crippen LogP contribution in [0.5, 0.6) is 23.0 Å². The molecule has 0 aliphatic carbocycles. The van der Waals surface area contributed by atoms with Crippen molar-refractivity contribution in [2.45, 2.75) is 26.8 Å². The van der Waals surface area contributed by atoms with Gasteiger partial charge in [0, 0.05) is 5.70 Å². The Morgan fingerprint density at radius 3 is 2.41 bits per heavy atom.